The predicted octanol–water partition coefficient (Wildman–Crippen LogP) is 0.684. The van der Waals surface area contributed by atoms with Gasteiger partial charge in [-0.15, -0.1) is 0 Å². The Bertz CT molecular complexity index is 368. The molecule has 1 radical (unpaired) electrons. The molecule has 1 rings (SSSR count). The molecule has 14 heavy (non-hydrogen) atoms. The van der Waals surface area contributed by atoms with Gasteiger partial charge in [0.15, 0.2) is 7.28 Å². The third-order valence-electron chi connectivity index (χ3n) is 2.00. The van der Waals surface area contributed by atoms with Crippen molar-refractivity contribution in [2.75, 3.05) is 7.11 Å². The number of methoxy groups -OCH3 is 1. The maximum absolute atomic E-state index is 10.7. The summed E-state index contributed by atoms with van der Waals surface area (Å²) in [4.78, 5) is 14.1. The van der Waals surface area contributed by atoms with Gasteiger partial charge >= 0.3 is 5.69 Å². The molecule has 0 spiro atoms. The molecule has 1 heterocycles. The fourth-order valence-electron chi connectivity index (χ4n) is 1.24. The van der Waals surface area contributed by atoms with Gasteiger partial charge in [-0.25, -0.2) is 4.98 Å². The van der Waals surface area contributed by atoms with Crippen LogP contribution in [0.25, 0.3) is 0 Å². The van der Waals surface area contributed by atoms with Gasteiger partial charge < -0.3 is 4.74 Å². The second-order valence-corrected chi connectivity index (χ2v) is 2.74. The second kappa shape index (κ2) is 4.08. The van der Waals surface area contributed by atoms with Crippen LogP contribution in [-0.2, 0) is 0 Å². The highest BCUT2D eigenvalue weighted by molar-refractivity contribution is 6.52. The zero-order valence-electron chi connectivity index (χ0n) is 8.27. The van der Waals surface area contributed by atoms with Gasteiger partial charge in [0.25, 0.3) is 5.88 Å². The van der Waals surface area contributed by atoms with Crippen LogP contribution in [0.5, 0.6) is 5.88 Å². The van der Waals surface area contributed by atoms with Crippen LogP contribution in [-0.4, -0.2) is 24.3 Å². The standard InChI is InChI=1S/C8H10BN2O3/c1-5-6(9-2)4-10-8(14-3)7(5)11(12)13/h4H,1-3H3. The number of nitro groups is 1. The second-order valence-electron chi connectivity index (χ2n) is 2.74. The summed E-state index contributed by atoms with van der Waals surface area (Å²) in [5, 5.41) is 10.7. The summed E-state index contributed by atoms with van der Waals surface area (Å²) < 4.78 is 4.82. The smallest absolute Gasteiger partial charge is 0.333 e. The number of hydrogen-bond acceptors (Lipinski definition) is 4. The topological polar surface area (TPSA) is 65.3 Å². The van der Waals surface area contributed by atoms with E-state index in [1.165, 1.54) is 7.11 Å². The minimum Gasteiger partial charge on any atom is -0.476 e. The van der Waals surface area contributed by atoms with Crippen LogP contribution >= 0.6 is 0 Å². The van der Waals surface area contributed by atoms with Gasteiger partial charge in [-0.1, -0.05) is 12.3 Å². The molecular weight excluding hydrogens is 183 g/mol. The molecule has 0 aliphatic carbocycles. The average Bonchev–Trinajstić information content (AvgIpc) is 2.16. The number of hydrogen-bond donors (Lipinski definition) is 0. The maximum Gasteiger partial charge on any atom is 0.333 e. The van der Waals surface area contributed by atoms with E-state index in [0.29, 0.717) is 5.56 Å². The summed E-state index contributed by atoms with van der Waals surface area (Å²) in [6, 6.07) is 0. The molecular formula is C8H10BN2O3. The minimum atomic E-state index is -0.478. The van der Waals surface area contributed by atoms with E-state index in [9.17, 15) is 10.1 Å². The molecule has 1 aromatic rings. The fourth-order valence-corrected chi connectivity index (χ4v) is 1.24. The quantitative estimate of drug-likeness (QED) is 0.402. The summed E-state index contributed by atoms with van der Waals surface area (Å²) in [5.74, 6) is 0.0538. The number of pyridine rings is 1. The molecule has 0 amide bonds. The van der Waals surface area contributed by atoms with Crippen LogP contribution in [0.2, 0.25) is 6.82 Å². The van der Waals surface area contributed by atoms with Crippen molar-refractivity contribution < 1.29 is 9.66 Å². The molecule has 0 bridgehead atoms. The Labute approximate surface area is 82.5 Å². The van der Waals surface area contributed by atoms with Crippen molar-refractivity contribution in [1.29, 1.82) is 0 Å². The molecule has 1 aromatic heterocycles. The predicted molar refractivity (Wildman–Crippen MR) is 53.4 cm³/mol. The fraction of sp³-hybridized carbons (Fsp3) is 0.375. The molecule has 0 unspecified atom stereocenters. The zero-order chi connectivity index (χ0) is 10.7. The summed E-state index contributed by atoms with van der Waals surface area (Å²) in [7, 11) is 3.14. The molecule has 0 N–H and O–H groups in total. The maximum atomic E-state index is 10.7. The third-order valence-corrected chi connectivity index (χ3v) is 2.00. The third kappa shape index (κ3) is 1.68. The van der Waals surface area contributed by atoms with E-state index in [1.54, 1.807) is 27.2 Å². The molecule has 0 atom stereocenters. The molecule has 0 aliphatic heterocycles. The molecule has 0 saturated heterocycles. The number of rotatable bonds is 3. The zero-order valence-corrected chi connectivity index (χ0v) is 8.27. The summed E-state index contributed by atoms with van der Waals surface area (Å²) in [5.41, 5.74) is 1.25. The molecule has 0 fully saturated rings. The van der Waals surface area contributed by atoms with Crippen molar-refractivity contribution in [2.45, 2.75) is 13.7 Å². The van der Waals surface area contributed by atoms with Crippen LogP contribution in [0.4, 0.5) is 5.69 Å². The number of nitrogens with zero attached hydrogens (tertiary/aromatic N) is 2. The van der Waals surface area contributed by atoms with E-state index in [4.69, 9.17) is 4.74 Å². The summed E-state index contributed by atoms with van der Waals surface area (Å²) in [6.07, 6.45) is 1.56. The molecule has 0 aliphatic rings. The molecule has 73 valence electrons. The first-order chi connectivity index (χ1) is 6.61. The van der Waals surface area contributed by atoms with Gasteiger partial charge in [-0.2, -0.15) is 0 Å². The first-order valence-corrected chi connectivity index (χ1v) is 4.09. The Balaban J connectivity index is 3.39. The Morgan fingerprint density at radius 1 is 1.64 bits per heavy atom. The van der Waals surface area contributed by atoms with Crippen molar-refractivity contribution in [2.24, 2.45) is 0 Å². The molecule has 5 nitrogen and oxygen atoms in total. The summed E-state index contributed by atoms with van der Waals surface area (Å²) >= 11 is 0. The van der Waals surface area contributed by atoms with Crippen LogP contribution in [0, 0.1) is 17.0 Å². The highest BCUT2D eigenvalue weighted by Crippen LogP contribution is 2.25. The van der Waals surface area contributed by atoms with Crippen LogP contribution in [0.15, 0.2) is 6.20 Å². The summed E-state index contributed by atoms with van der Waals surface area (Å²) in [6.45, 7) is 3.48. The van der Waals surface area contributed by atoms with Gasteiger partial charge in [-0.05, 0) is 6.92 Å². The van der Waals surface area contributed by atoms with Gasteiger partial charge in [0.2, 0.25) is 0 Å². The molecule has 0 saturated carbocycles. The average molecular weight is 193 g/mol. The van der Waals surface area contributed by atoms with E-state index in [2.05, 4.69) is 4.98 Å². The lowest BCUT2D eigenvalue weighted by molar-refractivity contribution is -0.386. The van der Waals surface area contributed by atoms with E-state index >= 15 is 0 Å². The Morgan fingerprint density at radius 3 is 2.71 bits per heavy atom. The van der Waals surface area contributed by atoms with Crippen molar-refractivity contribution in [3.63, 3.8) is 0 Å². The van der Waals surface area contributed by atoms with Crippen molar-refractivity contribution >= 4 is 18.4 Å². The van der Waals surface area contributed by atoms with Gasteiger partial charge in [-0.3, -0.25) is 10.1 Å². The Morgan fingerprint density at radius 2 is 2.29 bits per heavy atom. The van der Waals surface area contributed by atoms with Gasteiger partial charge in [0.05, 0.1) is 12.0 Å². The molecule has 0 aromatic carbocycles. The SMILES string of the molecule is C[B]c1cnc(OC)c([N+](=O)[O-])c1C. The minimum absolute atomic E-state index is 0.0538. The van der Waals surface area contributed by atoms with E-state index in [-0.39, 0.29) is 11.6 Å². The van der Waals surface area contributed by atoms with Gasteiger partial charge in [0.1, 0.15) is 0 Å². The lowest BCUT2D eigenvalue weighted by Crippen LogP contribution is -2.18. The first-order valence-electron chi connectivity index (χ1n) is 4.09. The lowest BCUT2D eigenvalue weighted by atomic mass is 9.72. The van der Waals surface area contributed by atoms with Crippen molar-refractivity contribution in [1.82, 2.24) is 4.98 Å². The Hall–Kier alpha value is -1.59. The largest absolute Gasteiger partial charge is 0.476 e. The monoisotopic (exact) mass is 193 g/mol. The van der Waals surface area contributed by atoms with E-state index < -0.39 is 4.92 Å². The van der Waals surface area contributed by atoms with Crippen LogP contribution in [0.3, 0.4) is 0 Å². The highest BCUT2D eigenvalue weighted by Gasteiger charge is 2.21. The van der Waals surface area contributed by atoms with Crippen molar-refractivity contribution in [3.05, 3.63) is 21.9 Å². The number of aromatic nitrogens is 1. The highest BCUT2D eigenvalue weighted by atomic mass is 16.6. The van der Waals surface area contributed by atoms with Crippen LogP contribution < -0.4 is 10.2 Å². The first kappa shape index (κ1) is 10.5. The normalized spacial score (nSPS) is 9.64. The van der Waals surface area contributed by atoms with Gasteiger partial charge in [0, 0.05) is 11.8 Å². The Kier molecular flexibility index (Phi) is 3.06. The number of ether oxygens (including phenoxy) is 1. The van der Waals surface area contributed by atoms with Crippen molar-refractivity contribution in [3.8, 4) is 5.88 Å². The molecule has 6 heteroatoms. The van der Waals surface area contributed by atoms with E-state index in [0.717, 1.165) is 5.46 Å². The lowest BCUT2D eigenvalue weighted by Gasteiger charge is -2.06. The van der Waals surface area contributed by atoms with Crippen LogP contribution in [0.1, 0.15) is 5.56 Å². The van der Waals surface area contributed by atoms with E-state index in [1.807, 2.05) is 0 Å².